The molecule has 0 radical (unpaired) electrons. The number of hydrogen-bond acceptors (Lipinski definition) is 2. The average Bonchev–Trinajstić information content (AvgIpc) is 2.48. The summed E-state index contributed by atoms with van der Waals surface area (Å²) in [4.78, 5) is 0. The SMILES string of the molecule is Cc1ccccc1C1(O)CCC(N)C1. The van der Waals surface area contributed by atoms with Crippen LogP contribution in [0.1, 0.15) is 30.4 Å². The summed E-state index contributed by atoms with van der Waals surface area (Å²) in [7, 11) is 0. The topological polar surface area (TPSA) is 46.2 Å². The first-order valence-corrected chi connectivity index (χ1v) is 5.16. The van der Waals surface area contributed by atoms with E-state index in [0.717, 1.165) is 24.0 Å². The van der Waals surface area contributed by atoms with Crippen molar-refractivity contribution in [2.45, 2.75) is 37.8 Å². The lowest BCUT2D eigenvalue weighted by Crippen LogP contribution is -2.26. The summed E-state index contributed by atoms with van der Waals surface area (Å²) in [6.45, 7) is 2.04. The lowest BCUT2D eigenvalue weighted by molar-refractivity contribution is 0.0425. The van der Waals surface area contributed by atoms with Gasteiger partial charge in [-0.25, -0.2) is 0 Å². The second kappa shape index (κ2) is 3.37. The molecule has 1 fully saturated rings. The van der Waals surface area contributed by atoms with Crippen LogP contribution < -0.4 is 5.73 Å². The quantitative estimate of drug-likeness (QED) is 0.709. The molecule has 1 aromatic carbocycles. The van der Waals surface area contributed by atoms with Crippen molar-refractivity contribution in [3.63, 3.8) is 0 Å². The average molecular weight is 191 g/mol. The lowest BCUT2D eigenvalue weighted by atomic mass is 9.89. The molecule has 14 heavy (non-hydrogen) atoms. The van der Waals surface area contributed by atoms with Crippen molar-refractivity contribution in [3.05, 3.63) is 35.4 Å². The third kappa shape index (κ3) is 1.56. The maximum absolute atomic E-state index is 10.4. The van der Waals surface area contributed by atoms with Crippen molar-refractivity contribution in [3.8, 4) is 0 Å². The predicted octanol–water partition coefficient (Wildman–Crippen LogP) is 1.69. The molecule has 2 nitrogen and oxygen atoms in total. The third-order valence-electron chi connectivity index (χ3n) is 3.18. The van der Waals surface area contributed by atoms with Gasteiger partial charge < -0.3 is 10.8 Å². The molecule has 0 heterocycles. The number of aliphatic hydroxyl groups is 1. The Morgan fingerprint density at radius 3 is 2.71 bits per heavy atom. The number of rotatable bonds is 1. The molecule has 76 valence electrons. The van der Waals surface area contributed by atoms with Crippen molar-refractivity contribution in [2.75, 3.05) is 0 Å². The van der Waals surface area contributed by atoms with Gasteiger partial charge in [0.05, 0.1) is 5.60 Å². The molecule has 0 saturated heterocycles. The van der Waals surface area contributed by atoms with Crippen LogP contribution >= 0.6 is 0 Å². The maximum Gasteiger partial charge on any atom is 0.0914 e. The van der Waals surface area contributed by atoms with Gasteiger partial charge in [0.15, 0.2) is 0 Å². The van der Waals surface area contributed by atoms with Gasteiger partial charge in [0, 0.05) is 6.04 Å². The Morgan fingerprint density at radius 1 is 1.43 bits per heavy atom. The Labute approximate surface area is 84.7 Å². The molecule has 0 amide bonds. The number of benzene rings is 1. The molecule has 0 bridgehead atoms. The molecule has 2 unspecified atom stereocenters. The highest BCUT2D eigenvalue weighted by molar-refractivity contribution is 5.32. The minimum atomic E-state index is -0.676. The van der Waals surface area contributed by atoms with E-state index in [1.54, 1.807) is 0 Å². The van der Waals surface area contributed by atoms with Crippen LogP contribution in [-0.2, 0) is 5.60 Å². The molecule has 1 aliphatic carbocycles. The van der Waals surface area contributed by atoms with Gasteiger partial charge in [0.1, 0.15) is 0 Å². The molecule has 3 N–H and O–H groups in total. The van der Waals surface area contributed by atoms with Gasteiger partial charge in [-0.1, -0.05) is 24.3 Å². The van der Waals surface area contributed by atoms with Crippen LogP contribution in [-0.4, -0.2) is 11.1 Å². The van der Waals surface area contributed by atoms with Crippen LogP contribution in [0.25, 0.3) is 0 Å². The molecular weight excluding hydrogens is 174 g/mol. The molecule has 0 aromatic heterocycles. The zero-order chi connectivity index (χ0) is 10.2. The Morgan fingerprint density at radius 2 is 2.14 bits per heavy atom. The summed E-state index contributed by atoms with van der Waals surface area (Å²) in [5.74, 6) is 0. The summed E-state index contributed by atoms with van der Waals surface area (Å²) in [6.07, 6.45) is 2.40. The van der Waals surface area contributed by atoms with E-state index < -0.39 is 5.60 Å². The first-order valence-electron chi connectivity index (χ1n) is 5.16. The van der Waals surface area contributed by atoms with Gasteiger partial charge >= 0.3 is 0 Å². The normalized spacial score (nSPS) is 32.1. The summed E-state index contributed by atoms with van der Waals surface area (Å²) >= 11 is 0. The van der Waals surface area contributed by atoms with Gasteiger partial charge in [-0.05, 0) is 37.3 Å². The van der Waals surface area contributed by atoms with Gasteiger partial charge in [0.2, 0.25) is 0 Å². The fraction of sp³-hybridized carbons (Fsp3) is 0.500. The van der Waals surface area contributed by atoms with E-state index in [0.29, 0.717) is 6.42 Å². The zero-order valence-corrected chi connectivity index (χ0v) is 8.53. The van der Waals surface area contributed by atoms with Crippen LogP contribution in [0.4, 0.5) is 0 Å². The van der Waals surface area contributed by atoms with Crippen LogP contribution in [0, 0.1) is 6.92 Å². The molecule has 2 rings (SSSR count). The number of aryl methyl sites for hydroxylation is 1. The molecule has 2 atom stereocenters. The molecule has 0 spiro atoms. The molecule has 0 aliphatic heterocycles. The van der Waals surface area contributed by atoms with Gasteiger partial charge in [-0.15, -0.1) is 0 Å². The van der Waals surface area contributed by atoms with Crippen LogP contribution in [0.2, 0.25) is 0 Å². The van der Waals surface area contributed by atoms with E-state index in [1.807, 2.05) is 31.2 Å². The summed E-state index contributed by atoms with van der Waals surface area (Å²) in [5.41, 5.74) is 7.37. The third-order valence-corrected chi connectivity index (χ3v) is 3.18. The lowest BCUT2D eigenvalue weighted by Gasteiger charge is -2.24. The van der Waals surface area contributed by atoms with Crippen molar-refractivity contribution in [1.29, 1.82) is 0 Å². The predicted molar refractivity (Wildman–Crippen MR) is 56.9 cm³/mol. The van der Waals surface area contributed by atoms with Crippen LogP contribution in [0.15, 0.2) is 24.3 Å². The molecule has 1 aliphatic rings. The second-order valence-corrected chi connectivity index (χ2v) is 4.35. The monoisotopic (exact) mass is 191 g/mol. The van der Waals surface area contributed by atoms with E-state index in [4.69, 9.17) is 5.73 Å². The Kier molecular flexibility index (Phi) is 2.33. The van der Waals surface area contributed by atoms with Crippen molar-refractivity contribution < 1.29 is 5.11 Å². The van der Waals surface area contributed by atoms with Crippen LogP contribution in [0.3, 0.4) is 0 Å². The van der Waals surface area contributed by atoms with Crippen LogP contribution in [0.5, 0.6) is 0 Å². The first-order chi connectivity index (χ1) is 6.62. The largest absolute Gasteiger partial charge is 0.385 e. The summed E-state index contributed by atoms with van der Waals surface area (Å²) in [6, 6.07) is 8.17. The minimum Gasteiger partial charge on any atom is -0.385 e. The van der Waals surface area contributed by atoms with Crippen molar-refractivity contribution >= 4 is 0 Å². The van der Waals surface area contributed by atoms with E-state index in [9.17, 15) is 5.11 Å². The summed E-state index contributed by atoms with van der Waals surface area (Å²) in [5, 5.41) is 10.4. The molecule has 1 aromatic rings. The zero-order valence-electron chi connectivity index (χ0n) is 8.53. The minimum absolute atomic E-state index is 0.152. The molecule has 2 heteroatoms. The van der Waals surface area contributed by atoms with Gasteiger partial charge in [0.25, 0.3) is 0 Å². The van der Waals surface area contributed by atoms with Crippen molar-refractivity contribution in [1.82, 2.24) is 0 Å². The Hall–Kier alpha value is -0.860. The number of nitrogens with two attached hydrogens (primary N) is 1. The van der Waals surface area contributed by atoms with Gasteiger partial charge in [-0.2, -0.15) is 0 Å². The van der Waals surface area contributed by atoms with Crippen molar-refractivity contribution in [2.24, 2.45) is 5.73 Å². The highest BCUT2D eigenvalue weighted by atomic mass is 16.3. The highest BCUT2D eigenvalue weighted by Crippen LogP contribution is 2.39. The first kappa shape index (κ1) is 9.69. The van der Waals surface area contributed by atoms with E-state index >= 15 is 0 Å². The fourth-order valence-corrected chi connectivity index (χ4v) is 2.40. The van der Waals surface area contributed by atoms with E-state index in [2.05, 4.69) is 0 Å². The molecular formula is C12H17NO. The second-order valence-electron chi connectivity index (χ2n) is 4.35. The van der Waals surface area contributed by atoms with E-state index in [-0.39, 0.29) is 6.04 Å². The number of hydrogen-bond donors (Lipinski definition) is 2. The van der Waals surface area contributed by atoms with E-state index in [1.165, 1.54) is 0 Å². The maximum atomic E-state index is 10.4. The summed E-state index contributed by atoms with van der Waals surface area (Å²) < 4.78 is 0. The highest BCUT2D eigenvalue weighted by Gasteiger charge is 2.37. The Bertz CT molecular complexity index is 337. The standard InChI is InChI=1S/C12H17NO/c1-9-4-2-3-5-11(9)12(14)7-6-10(13)8-12/h2-5,10,14H,6-8,13H2,1H3. The van der Waals surface area contributed by atoms with Gasteiger partial charge in [-0.3, -0.25) is 0 Å². The smallest absolute Gasteiger partial charge is 0.0914 e. The molecule has 1 saturated carbocycles. The fourth-order valence-electron chi connectivity index (χ4n) is 2.40. The Balaban J connectivity index is 2.35.